The van der Waals surface area contributed by atoms with Crippen molar-refractivity contribution in [3.05, 3.63) is 138 Å². The van der Waals surface area contributed by atoms with E-state index < -0.39 is 37.3 Å². The van der Waals surface area contributed by atoms with Gasteiger partial charge in [-0.05, 0) is 58.1 Å². The summed E-state index contributed by atoms with van der Waals surface area (Å²) >= 11 is 0. The minimum Gasteiger partial charge on any atom is -0.508 e. The van der Waals surface area contributed by atoms with Gasteiger partial charge < -0.3 is 10.0 Å². The van der Waals surface area contributed by atoms with Gasteiger partial charge in [-0.3, -0.25) is 15.0 Å². The average Bonchev–Trinajstić information content (AvgIpc) is 3.17. The number of nitrogens with one attached hydrogen (secondary N) is 1. The van der Waals surface area contributed by atoms with E-state index in [4.69, 9.17) is 0 Å². The van der Waals surface area contributed by atoms with Crippen molar-refractivity contribution < 1.29 is 26.7 Å². The van der Waals surface area contributed by atoms with Crippen molar-refractivity contribution in [2.24, 2.45) is 0 Å². The molecule has 0 aliphatic carbocycles. The van der Waals surface area contributed by atoms with E-state index in [0.717, 1.165) is 17.3 Å². The number of sulfone groups is 2. The number of hydrogen-bond acceptors (Lipinski definition) is 10. The number of fused-ring (bicyclic) bond motifs is 2. The molecule has 1 saturated heterocycles. The molecule has 13 heteroatoms. The smallest absolute Gasteiger partial charge is 0.240 e. The number of rotatable bonds is 12. The second kappa shape index (κ2) is 15.4. The Labute approximate surface area is 308 Å². The Morgan fingerprint density at radius 1 is 0.698 bits per heavy atom. The van der Waals surface area contributed by atoms with Gasteiger partial charge in [-0.1, -0.05) is 84.9 Å². The topological polar surface area (TPSA) is 150 Å². The summed E-state index contributed by atoms with van der Waals surface area (Å²) in [7, 11) is -8.06. The standard InChI is InChI=1S/C40H39N5O6S2/c46-34-15-14-32(33(24-34)27-52(48,49)38-35-12-6-4-10-30(35)16-18-41-38)25-37(40(47)45-22-20-44(21-23-45)26-29-8-2-1-3-9-29)43-28-53(50,51)39-36-13-7-5-11-31(36)17-19-42-39/h1-19,24,37,43,46H,20-23,25-28H2. The maximum Gasteiger partial charge on any atom is 0.240 e. The van der Waals surface area contributed by atoms with E-state index in [1.54, 1.807) is 59.5 Å². The molecule has 4 aromatic carbocycles. The lowest BCUT2D eigenvalue weighted by Crippen LogP contribution is -2.55. The van der Waals surface area contributed by atoms with Crippen LogP contribution in [0.1, 0.15) is 16.7 Å². The molecule has 1 aliphatic rings. The van der Waals surface area contributed by atoms with Crippen LogP contribution in [-0.4, -0.2) is 85.7 Å². The summed E-state index contributed by atoms with van der Waals surface area (Å²) in [6, 6.07) is 31.0. The van der Waals surface area contributed by atoms with E-state index in [1.165, 1.54) is 30.1 Å². The second-order valence-electron chi connectivity index (χ2n) is 13.2. The molecular formula is C40H39N5O6S2. The van der Waals surface area contributed by atoms with Gasteiger partial charge in [-0.25, -0.2) is 26.8 Å². The van der Waals surface area contributed by atoms with Crippen LogP contribution in [0.4, 0.5) is 0 Å². The zero-order valence-corrected chi connectivity index (χ0v) is 30.5. The number of phenols is 1. The molecule has 272 valence electrons. The summed E-state index contributed by atoms with van der Waals surface area (Å²) in [6.45, 7) is 2.88. The first-order valence-electron chi connectivity index (χ1n) is 17.3. The Morgan fingerprint density at radius 2 is 1.28 bits per heavy atom. The summed E-state index contributed by atoms with van der Waals surface area (Å²) in [6.07, 6.45) is 2.86. The van der Waals surface area contributed by atoms with Gasteiger partial charge >= 0.3 is 0 Å². The van der Waals surface area contributed by atoms with Crippen LogP contribution in [0.5, 0.6) is 5.75 Å². The summed E-state index contributed by atoms with van der Waals surface area (Å²) in [5.74, 6) is -1.51. The van der Waals surface area contributed by atoms with Crippen LogP contribution >= 0.6 is 0 Å². The van der Waals surface area contributed by atoms with E-state index in [2.05, 4.69) is 32.3 Å². The lowest BCUT2D eigenvalue weighted by Gasteiger charge is -2.36. The SMILES string of the molecule is O=C(C(Cc1ccc(O)cc1CS(=O)(=O)c1nccc2ccccc12)NCS(=O)(=O)c1nccc2ccccc12)N1CCN(Cc2ccccc2)CC1. The molecule has 3 heterocycles. The first-order chi connectivity index (χ1) is 25.6. The third-order valence-corrected chi connectivity index (χ3v) is 12.6. The highest BCUT2D eigenvalue weighted by atomic mass is 32.2. The molecule has 2 aromatic heterocycles. The lowest BCUT2D eigenvalue weighted by molar-refractivity contribution is -0.135. The summed E-state index contributed by atoms with van der Waals surface area (Å²) < 4.78 is 55.4. The second-order valence-corrected chi connectivity index (χ2v) is 17.0. The molecule has 11 nitrogen and oxygen atoms in total. The maximum absolute atomic E-state index is 14.3. The van der Waals surface area contributed by atoms with Gasteiger partial charge in [0.05, 0.1) is 11.8 Å². The number of pyridine rings is 2. The van der Waals surface area contributed by atoms with Gasteiger partial charge in [0.25, 0.3) is 0 Å². The maximum atomic E-state index is 14.3. The van der Waals surface area contributed by atoms with Crippen molar-refractivity contribution in [3.8, 4) is 5.75 Å². The van der Waals surface area contributed by atoms with Gasteiger partial charge in [0, 0.05) is 55.9 Å². The van der Waals surface area contributed by atoms with E-state index in [9.17, 15) is 26.7 Å². The number of benzene rings is 4. The van der Waals surface area contributed by atoms with Crippen LogP contribution in [0.3, 0.4) is 0 Å². The number of aromatic nitrogens is 2. The van der Waals surface area contributed by atoms with Crippen molar-refractivity contribution in [1.29, 1.82) is 0 Å². The number of hydrogen-bond donors (Lipinski definition) is 2. The highest BCUT2D eigenvalue weighted by molar-refractivity contribution is 7.91. The van der Waals surface area contributed by atoms with Crippen LogP contribution in [0, 0.1) is 0 Å². The predicted molar refractivity (Wildman–Crippen MR) is 203 cm³/mol. The molecule has 0 radical (unpaired) electrons. The average molecular weight is 750 g/mol. The number of amides is 1. The zero-order valence-electron chi connectivity index (χ0n) is 28.9. The molecule has 1 atom stereocenters. The van der Waals surface area contributed by atoms with Crippen LogP contribution < -0.4 is 5.32 Å². The molecular weight excluding hydrogens is 711 g/mol. The monoisotopic (exact) mass is 749 g/mol. The number of aromatic hydroxyl groups is 1. The van der Waals surface area contributed by atoms with Gasteiger partial charge in [0.1, 0.15) is 11.6 Å². The van der Waals surface area contributed by atoms with Crippen LogP contribution in [0.15, 0.2) is 132 Å². The van der Waals surface area contributed by atoms with Crippen LogP contribution in [0.25, 0.3) is 21.5 Å². The van der Waals surface area contributed by atoms with Gasteiger partial charge in [0.15, 0.2) is 19.9 Å². The fourth-order valence-corrected chi connectivity index (χ4v) is 9.69. The molecule has 0 bridgehead atoms. The molecule has 6 aromatic rings. The van der Waals surface area contributed by atoms with Crippen molar-refractivity contribution in [2.45, 2.75) is 34.8 Å². The quantitative estimate of drug-likeness (QED) is 0.180. The van der Waals surface area contributed by atoms with Gasteiger partial charge in [0.2, 0.25) is 15.7 Å². The molecule has 0 saturated carbocycles. The minimum absolute atomic E-state index is 0.0321. The molecule has 53 heavy (non-hydrogen) atoms. The van der Waals surface area contributed by atoms with Crippen LogP contribution in [0.2, 0.25) is 0 Å². The highest BCUT2D eigenvalue weighted by Gasteiger charge is 2.31. The number of carbonyl (C=O) groups excluding carboxylic acids is 1. The Morgan fingerprint density at radius 3 is 1.92 bits per heavy atom. The molecule has 1 fully saturated rings. The molecule has 0 spiro atoms. The normalized spacial score (nSPS) is 14.8. The Hall–Kier alpha value is -5.21. The molecule has 7 rings (SSSR count). The zero-order chi connectivity index (χ0) is 37.0. The molecule has 2 N–H and O–H groups in total. The molecule has 1 aliphatic heterocycles. The van der Waals surface area contributed by atoms with E-state index in [-0.39, 0.29) is 33.7 Å². The predicted octanol–water partition coefficient (Wildman–Crippen LogP) is 4.74. The van der Waals surface area contributed by atoms with Gasteiger partial charge in [-0.15, -0.1) is 0 Å². The summed E-state index contributed by atoms with van der Waals surface area (Å²) in [5.41, 5.74) is 1.93. The fraction of sp³-hybridized carbons (Fsp3) is 0.225. The van der Waals surface area contributed by atoms with Crippen molar-refractivity contribution in [1.82, 2.24) is 25.1 Å². The van der Waals surface area contributed by atoms with Crippen molar-refractivity contribution >= 4 is 47.1 Å². The van der Waals surface area contributed by atoms with Gasteiger partial charge in [-0.2, -0.15) is 0 Å². The largest absolute Gasteiger partial charge is 0.508 e. The van der Waals surface area contributed by atoms with Crippen molar-refractivity contribution in [3.63, 3.8) is 0 Å². The third-order valence-electron chi connectivity index (χ3n) is 9.57. The number of nitrogens with zero attached hydrogens (tertiary/aromatic N) is 4. The van der Waals surface area contributed by atoms with E-state index in [0.29, 0.717) is 42.5 Å². The molecule has 1 amide bonds. The first-order valence-corrected chi connectivity index (χ1v) is 20.6. The van der Waals surface area contributed by atoms with E-state index in [1.807, 2.05) is 30.3 Å². The number of phenolic OH excluding ortho intramolecular Hbond substituents is 1. The molecule has 1 unspecified atom stereocenters. The first kappa shape index (κ1) is 36.2. The summed E-state index contributed by atoms with van der Waals surface area (Å²) in [5, 5.41) is 15.7. The van der Waals surface area contributed by atoms with Crippen molar-refractivity contribution in [2.75, 3.05) is 32.1 Å². The Kier molecular flexibility index (Phi) is 10.5. The summed E-state index contributed by atoms with van der Waals surface area (Å²) in [4.78, 5) is 26.7. The Bertz CT molecular complexity index is 2480. The van der Waals surface area contributed by atoms with Crippen LogP contribution in [-0.2, 0) is 43.2 Å². The third kappa shape index (κ3) is 8.23. The Balaban J connectivity index is 1.16. The van der Waals surface area contributed by atoms with E-state index >= 15 is 0 Å². The minimum atomic E-state index is -4.03. The lowest BCUT2D eigenvalue weighted by atomic mass is 9.99. The fourth-order valence-electron chi connectivity index (χ4n) is 6.83. The highest BCUT2D eigenvalue weighted by Crippen LogP contribution is 2.28. The number of carbonyl (C=O) groups is 1. The number of piperazine rings is 1.